The van der Waals surface area contributed by atoms with E-state index in [0.29, 0.717) is 12.1 Å². The topological polar surface area (TPSA) is 32.3 Å². The van der Waals surface area contributed by atoms with Crippen LogP contribution in [0.15, 0.2) is 24.3 Å². The van der Waals surface area contributed by atoms with E-state index in [9.17, 15) is 4.79 Å². The second-order valence-corrected chi connectivity index (χ2v) is 5.44. The summed E-state index contributed by atoms with van der Waals surface area (Å²) in [7, 11) is 0. The van der Waals surface area contributed by atoms with E-state index in [2.05, 4.69) is 23.2 Å². The molecule has 0 aliphatic carbocycles. The Hall–Kier alpha value is -1.35. The van der Waals surface area contributed by atoms with Gasteiger partial charge in [-0.3, -0.25) is 4.79 Å². The molecule has 1 N–H and O–H groups in total. The molecule has 2 aliphatic rings. The van der Waals surface area contributed by atoms with Crippen LogP contribution in [0.4, 0.5) is 0 Å². The largest absolute Gasteiger partial charge is 0.335 e. The lowest BCUT2D eigenvalue weighted by Gasteiger charge is -2.39. The first-order chi connectivity index (χ1) is 8.75. The highest BCUT2D eigenvalue weighted by molar-refractivity contribution is 5.96. The summed E-state index contributed by atoms with van der Waals surface area (Å²) in [5.74, 6) is 0.232. The summed E-state index contributed by atoms with van der Waals surface area (Å²) in [6.45, 7) is 4.11. The minimum Gasteiger partial charge on any atom is -0.335 e. The predicted octanol–water partition coefficient (Wildman–Crippen LogP) is 1.83. The lowest BCUT2D eigenvalue weighted by molar-refractivity contribution is 0.0605. The summed E-state index contributed by atoms with van der Waals surface area (Å²) in [6.07, 6.45) is 3.16. The van der Waals surface area contributed by atoms with Gasteiger partial charge >= 0.3 is 0 Å². The summed E-state index contributed by atoms with van der Waals surface area (Å²) >= 11 is 0. The minimum absolute atomic E-state index is 0.232. The second-order valence-electron chi connectivity index (χ2n) is 5.44. The van der Waals surface area contributed by atoms with Gasteiger partial charge in [0.05, 0.1) is 0 Å². The Morgan fingerprint density at radius 2 is 2.17 bits per heavy atom. The molecule has 0 aromatic heterocycles. The monoisotopic (exact) mass is 244 g/mol. The lowest BCUT2D eigenvalue weighted by atomic mass is 9.93. The Bertz CT molecular complexity index is 458. The molecule has 18 heavy (non-hydrogen) atoms. The Morgan fingerprint density at radius 1 is 1.33 bits per heavy atom. The first-order valence-electron chi connectivity index (χ1n) is 6.88. The first-order valence-corrected chi connectivity index (χ1v) is 6.88. The standard InChI is InChI=1S/C15H20N2O/c1-11-10-13(6-8-16-11)17-9-7-12-4-2-3-5-14(12)15(17)18/h2-5,11,13,16H,6-10H2,1H3. The zero-order valence-electron chi connectivity index (χ0n) is 10.9. The molecule has 2 aliphatic heterocycles. The Balaban J connectivity index is 1.82. The van der Waals surface area contributed by atoms with Crippen molar-refractivity contribution in [1.82, 2.24) is 10.2 Å². The van der Waals surface area contributed by atoms with Crippen LogP contribution in [-0.2, 0) is 6.42 Å². The van der Waals surface area contributed by atoms with E-state index >= 15 is 0 Å². The highest BCUT2D eigenvalue weighted by Gasteiger charge is 2.31. The van der Waals surface area contributed by atoms with Crippen molar-refractivity contribution in [2.45, 2.75) is 38.3 Å². The van der Waals surface area contributed by atoms with E-state index in [1.165, 1.54) is 5.56 Å². The average Bonchev–Trinajstić information content (AvgIpc) is 2.39. The maximum Gasteiger partial charge on any atom is 0.254 e. The number of carbonyl (C=O) groups excluding carboxylic acids is 1. The predicted molar refractivity (Wildman–Crippen MR) is 71.7 cm³/mol. The van der Waals surface area contributed by atoms with Crippen LogP contribution in [0.5, 0.6) is 0 Å². The van der Waals surface area contributed by atoms with Crippen molar-refractivity contribution in [2.24, 2.45) is 0 Å². The second kappa shape index (κ2) is 4.73. The van der Waals surface area contributed by atoms with Gasteiger partial charge in [0.25, 0.3) is 5.91 Å². The van der Waals surface area contributed by atoms with Gasteiger partial charge in [-0.1, -0.05) is 18.2 Å². The number of nitrogens with one attached hydrogen (secondary N) is 1. The van der Waals surface area contributed by atoms with Crippen LogP contribution < -0.4 is 5.32 Å². The summed E-state index contributed by atoms with van der Waals surface area (Å²) in [5, 5.41) is 3.45. The lowest BCUT2D eigenvalue weighted by Crippen LogP contribution is -2.51. The van der Waals surface area contributed by atoms with Crippen molar-refractivity contribution in [1.29, 1.82) is 0 Å². The smallest absolute Gasteiger partial charge is 0.254 e. The SMILES string of the molecule is CC1CC(N2CCc3ccccc3C2=O)CCN1. The highest BCUT2D eigenvalue weighted by atomic mass is 16.2. The fourth-order valence-corrected chi connectivity index (χ4v) is 3.18. The van der Waals surface area contributed by atoms with Crippen LogP contribution in [0.2, 0.25) is 0 Å². The van der Waals surface area contributed by atoms with Gasteiger partial charge in [-0.15, -0.1) is 0 Å². The van der Waals surface area contributed by atoms with Gasteiger partial charge in [-0.25, -0.2) is 0 Å². The van der Waals surface area contributed by atoms with Crippen LogP contribution in [0.25, 0.3) is 0 Å². The fraction of sp³-hybridized carbons (Fsp3) is 0.533. The van der Waals surface area contributed by atoms with Crippen LogP contribution in [0.1, 0.15) is 35.7 Å². The van der Waals surface area contributed by atoms with E-state index in [1.54, 1.807) is 0 Å². The molecule has 3 nitrogen and oxygen atoms in total. The Kier molecular flexibility index (Phi) is 3.08. The molecule has 2 atom stereocenters. The maximum absolute atomic E-state index is 12.5. The number of piperidine rings is 1. The average molecular weight is 244 g/mol. The third kappa shape index (κ3) is 2.03. The van der Waals surface area contributed by atoms with Crippen molar-refractivity contribution >= 4 is 5.91 Å². The molecule has 2 heterocycles. The van der Waals surface area contributed by atoms with Crippen LogP contribution in [-0.4, -0.2) is 36.0 Å². The zero-order valence-corrected chi connectivity index (χ0v) is 10.9. The molecule has 1 saturated heterocycles. The number of nitrogens with zero attached hydrogens (tertiary/aromatic N) is 1. The molecular formula is C15H20N2O. The maximum atomic E-state index is 12.5. The fourth-order valence-electron chi connectivity index (χ4n) is 3.18. The number of benzene rings is 1. The minimum atomic E-state index is 0.232. The number of rotatable bonds is 1. The van der Waals surface area contributed by atoms with Crippen LogP contribution in [0, 0.1) is 0 Å². The van der Waals surface area contributed by atoms with Crippen molar-refractivity contribution in [3.05, 3.63) is 35.4 Å². The van der Waals surface area contributed by atoms with Gasteiger partial charge in [0.2, 0.25) is 0 Å². The molecule has 0 spiro atoms. The van der Waals surface area contributed by atoms with Crippen molar-refractivity contribution < 1.29 is 4.79 Å². The van der Waals surface area contributed by atoms with Crippen molar-refractivity contribution in [3.8, 4) is 0 Å². The van der Waals surface area contributed by atoms with Crippen LogP contribution in [0.3, 0.4) is 0 Å². The van der Waals surface area contributed by atoms with Gasteiger partial charge < -0.3 is 10.2 Å². The van der Waals surface area contributed by atoms with Gasteiger partial charge in [0.1, 0.15) is 0 Å². The molecular weight excluding hydrogens is 224 g/mol. The molecule has 1 amide bonds. The third-order valence-corrected chi connectivity index (χ3v) is 4.17. The van der Waals surface area contributed by atoms with Crippen LogP contribution >= 0.6 is 0 Å². The number of amides is 1. The third-order valence-electron chi connectivity index (χ3n) is 4.17. The molecule has 3 heteroatoms. The Morgan fingerprint density at radius 3 is 3.00 bits per heavy atom. The summed E-state index contributed by atoms with van der Waals surface area (Å²) in [4.78, 5) is 14.6. The molecule has 1 aromatic carbocycles. The molecule has 0 bridgehead atoms. The first kappa shape index (κ1) is 11.7. The summed E-state index contributed by atoms with van der Waals surface area (Å²) in [5.41, 5.74) is 2.12. The molecule has 3 rings (SSSR count). The number of carbonyl (C=O) groups is 1. The quantitative estimate of drug-likeness (QED) is 0.817. The number of hydrogen-bond acceptors (Lipinski definition) is 2. The molecule has 0 radical (unpaired) electrons. The van der Waals surface area contributed by atoms with Gasteiger partial charge in [-0.2, -0.15) is 0 Å². The zero-order chi connectivity index (χ0) is 12.5. The normalized spacial score (nSPS) is 28.1. The summed E-state index contributed by atoms with van der Waals surface area (Å²) < 4.78 is 0. The van der Waals surface area contributed by atoms with Gasteiger partial charge in [-0.05, 0) is 44.4 Å². The van der Waals surface area contributed by atoms with Gasteiger partial charge in [0.15, 0.2) is 0 Å². The number of hydrogen-bond donors (Lipinski definition) is 1. The molecule has 1 fully saturated rings. The Labute approximate surface area is 108 Å². The molecule has 0 saturated carbocycles. The van der Waals surface area contributed by atoms with E-state index in [1.807, 2.05) is 18.2 Å². The van der Waals surface area contributed by atoms with E-state index in [4.69, 9.17) is 0 Å². The summed E-state index contributed by atoms with van der Waals surface area (Å²) in [6, 6.07) is 8.97. The van der Waals surface area contributed by atoms with Gasteiger partial charge in [0, 0.05) is 24.2 Å². The van der Waals surface area contributed by atoms with Crippen molar-refractivity contribution in [2.75, 3.05) is 13.1 Å². The van der Waals surface area contributed by atoms with E-state index in [-0.39, 0.29) is 5.91 Å². The highest BCUT2D eigenvalue weighted by Crippen LogP contribution is 2.24. The molecule has 2 unspecified atom stereocenters. The molecule has 1 aromatic rings. The van der Waals surface area contributed by atoms with E-state index in [0.717, 1.165) is 37.9 Å². The molecule has 96 valence electrons. The number of fused-ring (bicyclic) bond motifs is 1. The van der Waals surface area contributed by atoms with Crippen molar-refractivity contribution in [3.63, 3.8) is 0 Å². The van der Waals surface area contributed by atoms with E-state index < -0.39 is 0 Å².